The molecule has 0 bridgehead atoms. The number of hydrogen-bond donors (Lipinski definition) is 5. The van der Waals surface area contributed by atoms with Crippen molar-refractivity contribution in [3.63, 3.8) is 0 Å². The number of nitrogens with two attached hydrogens (primary N) is 3. The minimum absolute atomic E-state index is 0.0262. The predicted molar refractivity (Wildman–Crippen MR) is 471 cm³/mol. The molecule has 0 spiro atoms. The van der Waals surface area contributed by atoms with Crippen LogP contribution in [0.5, 0.6) is 34.5 Å². The fourth-order valence-electron chi connectivity index (χ4n) is 14.8. The third kappa shape index (κ3) is 19.3. The number of amides is 3. The second-order valence-electron chi connectivity index (χ2n) is 29.1. The monoisotopic (exact) mass is 1620 g/mol. The van der Waals surface area contributed by atoms with Gasteiger partial charge in [0.15, 0.2) is 16.9 Å². The van der Waals surface area contributed by atoms with E-state index in [2.05, 4.69) is 55.5 Å². The Bertz CT molecular complexity index is 6150. The molecule has 3 aliphatic heterocycles. The summed E-state index contributed by atoms with van der Waals surface area (Å²) in [6.07, 6.45) is 23.2. The summed E-state index contributed by atoms with van der Waals surface area (Å²) in [5.74, 6) is 7.85. The molecule has 3 fully saturated rings. The molecule has 3 unspecified atom stereocenters. The molecule has 3 amide bonds. The van der Waals surface area contributed by atoms with E-state index in [1.807, 2.05) is 277 Å². The summed E-state index contributed by atoms with van der Waals surface area (Å²) >= 11 is 0. The molecule has 3 atom stereocenters. The lowest BCUT2D eigenvalue weighted by Gasteiger charge is -2.32. The molecule has 30 heteroatoms. The van der Waals surface area contributed by atoms with Crippen molar-refractivity contribution in [1.82, 2.24) is 88.9 Å². The average molecular weight is 1630 g/mol. The number of para-hydroxylation sites is 3. The fourth-order valence-corrected chi connectivity index (χ4v) is 14.8. The van der Waals surface area contributed by atoms with Gasteiger partial charge in [0.2, 0.25) is 17.7 Å². The number of piperidine rings is 1. The lowest BCUT2D eigenvalue weighted by Crippen LogP contribution is -2.40. The maximum Gasteiger partial charge on any atom is 0.246 e. The van der Waals surface area contributed by atoms with Gasteiger partial charge in [0.25, 0.3) is 0 Å². The van der Waals surface area contributed by atoms with Gasteiger partial charge in [0, 0.05) is 119 Å². The smallest absolute Gasteiger partial charge is 0.246 e. The topological polar surface area (TPSA) is 363 Å². The number of likely N-dealkylation sites (N-methyl/N-ethyl adjacent to an activating group) is 1. The number of hydrogen-bond acceptors (Lipinski definition) is 24. The number of pyridine rings is 3. The van der Waals surface area contributed by atoms with Crippen LogP contribution in [0.1, 0.15) is 43.8 Å². The number of likely N-dealkylation sites (tertiary alicyclic amines) is 3. The number of benzene rings is 6. The van der Waals surface area contributed by atoms with Gasteiger partial charge >= 0.3 is 0 Å². The molecular weight excluding hydrogens is 1540 g/mol. The van der Waals surface area contributed by atoms with Crippen molar-refractivity contribution in [1.29, 1.82) is 0 Å². The second-order valence-corrected chi connectivity index (χ2v) is 29.1. The van der Waals surface area contributed by atoms with E-state index in [0.29, 0.717) is 127 Å². The molecule has 8 N–H and O–H groups in total. The highest BCUT2D eigenvalue weighted by molar-refractivity contribution is 6.01. The average Bonchev–Trinajstić information content (AvgIpc) is 1.62. The van der Waals surface area contributed by atoms with Crippen LogP contribution in [0.4, 0.5) is 34.9 Å². The van der Waals surface area contributed by atoms with Crippen LogP contribution in [-0.4, -0.2) is 173 Å². The number of carbonyl (C=O) groups is 3. The Balaban J connectivity index is 0.000000136. The van der Waals surface area contributed by atoms with E-state index < -0.39 is 0 Å². The van der Waals surface area contributed by atoms with E-state index in [1.54, 1.807) is 36.8 Å². The Morgan fingerprint density at radius 3 is 1.08 bits per heavy atom. The Morgan fingerprint density at radius 1 is 0.385 bits per heavy atom. The van der Waals surface area contributed by atoms with Gasteiger partial charge < -0.3 is 61.6 Å². The molecule has 0 radical (unpaired) electrons. The number of fused-ring (bicyclic) bond motifs is 3. The Morgan fingerprint density at radius 2 is 0.721 bits per heavy atom. The number of nitrogens with zero attached hydrogens (tertiary/aromatic N) is 19. The van der Waals surface area contributed by atoms with Gasteiger partial charge in [-0.15, -0.1) is 0 Å². The summed E-state index contributed by atoms with van der Waals surface area (Å²) in [6.45, 7) is 5.15. The normalized spacial score (nSPS) is 15.2. The minimum Gasteiger partial charge on any atom is -0.457 e. The molecule has 3 saturated heterocycles. The minimum atomic E-state index is -0.0426. The third-order valence-electron chi connectivity index (χ3n) is 20.9. The lowest BCUT2D eigenvalue weighted by molar-refractivity contribution is -0.128. The van der Waals surface area contributed by atoms with Crippen molar-refractivity contribution >= 4 is 85.7 Å². The first-order valence-corrected chi connectivity index (χ1v) is 40.1. The van der Waals surface area contributed by atoms with E-state index in [1.165, 1.54) is 19.0 Å². The molecule has 122 heavy (non-hydrogen) atoms. The van der Waals surface area contributed by atoms with Crippen molar-refractivity contribution in [2.24, 2.45) is 0 Å². The van der Waals surface area contributed by atoms with Crippen LogP contribution in [-0.2, 0) is 14.4 Å². The lowest BCUT2D eigenvalue weighted by atomic mass is 10.1. The zero-order valence-electron chi connectivity index (χ0n) is 66.8. The summed E-state index contributed by atoms with van der Waals surface area (Å²) in [4.78, 5) is 85.4. The van der Waals surface area contributed by atoms with Gasteiger partial charge in [-0.1, -0.05) is 91.0 Å². The number of aromatic nitrogens is 15. The van der Waals surface area contributed by atoms with Crippen molar-refractivity contribution in [2.45, 2.75) is 43.8 Å². The quantitative estimate of drug-likeness (QED) is 0.0351. The van der Waals surface area contributed by atoms with Crippen molar-refractivity contribution in [3.05, 3.63) is 292 Å². The number of rotatable bonds is 24. The van der Waals surface area contributed by atoms with E-state index in [0.717, 1.165) is 94.3 Å². The van der Waals surface area contributed by atoms with E-state index >= 15 is 0 Å². The van der Waals surface area contributed by atoms with Crippen LogP contribution in [0.25, 0.3) is 66.9 Å². The van der Waals surface area contributed by atoms with Gasteiger partial charge in [-0.05, 0) is 171 Å². The maximum atomic E-state index is 13.0. The first-order valence-electron chi connectivity index (χ1n) is 40.1. The highest BCUT2D eigenvalue weighted by atomic mass is 16.5. The fraction of sp³-hybridized carbons (Fsp3) is 0.185. The first-order chi connectivity index (χ1) is 59.9. The molecule has 3 aliphatic rings. The molecule has 15 aromatic rings. The van der Waals surface area contributed by atoms with Crippen LogP contribution in [0.15, 0.2) is 292 Å². The van der Waals surface area contributed by atoms with Crippen LogP contribution in [0.3, 0.4) is 0 Å². The zero-order valence-corrected chi connectivity index (χ0v) is 66.8. The molecule has 6 aromatic carbocycles. The van der Waals surface area contributed by atoms with Gasteiger partial charge in [-0.25, -0.2) is 58.9 Å². The Labute approximate surface area is 702 Å². The number of anilines is 6. The molecular formula is C92H88N24O6. The highest BCUT2D eigenvalue weighted by Crippen LogP contribution is 2.40. The zero-order chi connectivity index (χ0) is 83.5. The highest BCUT2D eigenvalue weighted by Gasteiger charge is 2.34. The molecule has 612 valence electrons. The molecule has 0 saturated carbocycles. The van der Waals surface area contributed by atoms with Gasteiger partial charge in [-0.2, -0.15) is 15.3 Å². The number of nitrogens with one attached hydrogen (secondary N) is 2. The van der Waals surface area contributed by atoms with E-state index in [4.69, 9.17) is 46.7 Å². The van der Waals surface area contributed by atoms with Crippen LogP contribution >= 0.6 is 0 Å². The number of nitrogen functional groups attached to an aromatic ring is 3. The van der Waals surface area contributed by atoms with Crippen molar-refractivity contribution in [2.75, 3.05) is 98.7 Å². The van der Waals surface area contributed by atoms with E-state index in [9.17, 15) is 14.4 Å². The molecule has 9 aromatic heterocycles. The molecule has 30 nitrogen and oxygen atoms in total. The second kappa shape index (κ2) is 38.1. The molecule has 12 heterocycles. The SMILES string of the molecule is CN(C/C=C/C(=O)N1CCC(n2nc(-c3ccc(Oc4ccccc4)cc3)c3c(N)ncnc32)C1)c1ccccn1.Nc1ncnc2c1c(-c1ccc(Oc3ccccc3)cc1)nn2C1CCCN(C(=O)/C=C/CNc2ccccn2)C1.Nc1ncnc2c1c(-c1ccc(Oc3ccccc3)cc1)nn2C1CCN(C(=O)/C=C/CNc2ccccn2)C1. The van der Waals surface area contributed by atoms with E-state index in [-0.39, 0.29) is 35.8 Å². The summed E-state index contributed by atoms with van der Waals surface area (Å²) in [5.41, 5.74) is 25.7. The van der Waals surface area contributed by atoms with Crippen LogP contribution in [0, 0.1) is 0 Å². The molecule has 18 rings (SSSR count). The predicted octanol–water partition coefficient (Wildman–Crippen LogP) is 14.5. The first kappa shape index (κ1) is 80.1. The molecule has 0 aliphatic carbocycles. The Kier molecular flexibility index (Phi) is 25.0. The van der Waals surface area contributed by atoms with Crippen LogP contribution in [0.2, 0.25) is 0 Å². The maximum absolute atomic E-state index is 13.0. The third-order valence-corrected chi connectivity index (χ3v) is 20.9. The summed E-state index contributed by atoms with van der Waals surface area (Å²) in [7, 11) is 1.95. The summed E-state index contributed by atoms with van der Waals surface area (Å²) in [5, 5.41) is 23.3. The number of ether oxygens (including phenoxy) is 3. The summed E-state index contributed by atoms with van der Waals surface area (Å²) < 4.78 is 23.5. The van der Waals surface area contributed by atoms with Gasteiger partial charge in [-0.3, -0.25) is 14.4 Å². The van der Waals surface area contributed by atoms with Crippen molar-refractivity contribution in [3.8, 4) is 68.3 Å². The largest absolute Gasteiger partial charge is 0.457 e. The summed E-state index contributed by atoms with van der Waals surface area (Å²) in [6, 6.07) is 69.0. The van der Waals surface area contributed by atoms with Crippen molar-refractivity contribution < 1.29 is 28.6 Å². The Hall–Kier alpha value is -15.8. The van der Waals surface area contributed by atoms with Gasteiger partial charge in [0.1, 0.15) is 105 Å². The number of carbonyl (C=O) groups excluding carboxylic acids is 3. The van der Waals surface area contributed by atoms with Crippen LogP contribution < -0.4 is 46.9 Å². The van der Waals surface area contributed by atoms with Gasteiger partial charge in [0.05, 0.1) is 34.3 Å². The standard InChI is InChI=1S/2C31H30N8O2.C30H28N8O2/c1-37(26-10-5-6-17-33-26)18-7-11-27(40)38-19-16-23(20-38)39-31-28(30(32)34-21-35-31)29(36-39)22-12-14-25(15-13-22)41-24-8-3-2-4-9-24;32-30-28-29(22-13-15-25(16-14-22)41-24-9-2-1-3-10-24)37-39(31(28)36-21-35-30)23-8-7-19-38(20-23)27(40)12-6-18-34-26-11-4-5-17-33-26;31-29-27-28(21-11-13-24(14-12-21)40-23-7-2-1-3-8-23)36-38(30(27)35-20-34-29)22-15-18-37(19-22)26(39)10-6-17-33-25-9-4-5-16-32-25/h2-15,17,21,23H,16,18-20H2,1H3,(H2,32,34,35);1-6,9-17,21,23H,7-8,18-20H2,(H,33,34)(H2,32,35,36);1-14,16,20,22H,15,17-19H2,(H,32,33)(H2,31,34,35)/b11-7+;12-6+;10-6+.